The maximum atomic E-state index is 12.7. The molecule has 0 bridgehead atoms. The number of oxazole rings is 1. The third kappa shape index (κ3) is 4.91. The lowest BCUT2D eigenvalue weighted by Crippen LogP contribution is -2.14. The fourth-order valence-corrected chi connectivity index (χ4v) is 4.61. The Hall–Kier alpha value is -4.63. The van der Waals surface area contributed by atoms with Crippen LogP contribution in [0.5, 0.6) is 5.75 Å². The largest absolute Gasteiger partial charge is 0.497 e. The van der Waals surface area contributed by atoms with Crippen LogP contribution in [0.2, 0.25) is 0 Å². The van der Waals surface area contributed by atoms with E-state index >= 15 is 0 Å². The third-order valence-electron chi connectivity index (χ3n) is 5.45. The molecule has 0 aliphatic carbocycles. The summed E-state index contributed by atoms with van der Waals surface area (Å²) >= 11 is 0. The highest BCUT2D eigenvalue weighted by Crippen LogP contribution is 2.25. The summed E-state index contributed by atoms with van der Waals surface area (Å²) in [6.07, 6.45) is 0. The van der Waals surface area contributed by atoms with E-state index in [9.17, 15) is 13.2 Å². The van der Waals surface area contributed by atoms with Crippen molar-refractivity contribution >= 4 is 38.4 Å². The zero-order valence-corrected chi connectivity index (χ0v) is 20.0. The molecule has 0 atom stereocenters. The minimum Gasteiger partial charge on any atom is -0.497 e. The van der Waals surface area contributed by atoms with Crippen molar-refractivity contribution in [1.29, 1.82) is 0 Å². The van der Waals surface area contributed by atoms with Crippen LogP contribution in [-0.2, 0) is 10.0 Å². The molecule has 5 rings (SSSR count). The minimum absolute atomic E-state index is 0.103. The number of methoxy groups -OCH3 is 1. The van der Waals surface area contributed by atoms with Crippen LogP contribution in [0.4, 0.5) is 11.4 Å². The van der Waals surface area contributed by atoms with Crippen LogP contribution in [0, 0.1) is 0 Å². The van der Waals surface area contributed by atoms with Gasteiger partial charge in [0.2, 0.25) is 5.89 Å². The first-order valence-electron chi connectivity index (χ1n) is 11.0. The van der Waals surface area contributed by atoms with Crippen molar-refractivity contribution in [2.75, 3.05) is 17.1 Å². The predicted molar refractivity (Wildman–Crippen MR) is 138 cm³/mol. The summed E-state index contributed by atoms with van der Waals surface area (Å²) < 4.78 is 38.5. The number of carbonyl (C=O) groups is 1. The van der Waals surface area contributed by atoms with Gasteiger partial charge in [-0.2, -0.15) is 0 Å². The highest BCUT2D eigenvalue weighted by atomic mass is 32.2. The zero-order chi connectivity index (χ0) is 25.1. The molecule has 0 aliphatic heterocycles. The van der Waals surface area contributed by atoms with Crippen LogP contribution in [0.1, 0.15) is 10.4 Å². The lowest BCUT2D eigenvalue weighted by Gasteiger charge is -2.10. The van der Waals surface area contributed by atoms with Crippen LogP contribution >= 0.6 is 0 Å². The van der Waals surface area contributed by atoms with E-state index in [-0.39, 0.29) is 10.8 Å². The second-order valence-electron chi connectivity index (χ2n) is 7.88. The number of nitrogens with one attached hydrogen (secondary N) is 2. The number of carbonyl (C=O) groups excluding carboxylic acids is 1. The molecule has 36 heavy (non-hydrogen) atoms. The fourth-order valence-electron chi connectivity index (χ4n) is 3.55. The van der Waals surface area contributed by atoms with Crippen LogP contribution in [0.25, 0.3) is 22.6 Å². The van der Waals surface area contributed by atoms with Crippen molar-refractivity contribution in [3.63, 3.8) is 0 Å². The third-order valence-corrected chi connectivity index (χ3v) is 6.85. The van der Waals surface area contributed by atoms with Crippen LogP contribution in [0.15, 0.2) is 106 Å². The van der Waals surface area contributed by atoms with Crippen molar-refractivity contribution in [3.05, 3.63) is 103 Å². The highest BCUT2D eigenvalue weighted by molar-refractivity contribution is 7.92. The molecule has 0 fully saturated rings. The molecule has 1 aromatic heterocycles. The number of hydrogen-bond donors (Lipinski definition) is 2. The number of para-hydroxylation sites is 2. The molecule has 180 valence electrons. The fraction of sp³-hybridized carbons (Fsp3) is 0.0370. The average Bonchev–Trinajstić information content (AvgIpc) is 3.34. The second kappa shape index (κ2) is 9.55. The molecule has 8 nitrogen and oxygen atoms in total. The normalized spacial score (nSPS) is 11.2. The molecular weight excluding hydrogens is 478 g/mol. The molecule has 0 radical (unpaired) electrons. The Morgan fingerprint density at radius 1 is 0.833 bits per heavy atom. The van der Waals surface area contributed by atoms with E-state index in [2.05, 4.69) is 15.0 Å². The summed E-state index contributed by atoms with van der Waals surface area (Å²) in [6, 6.07) is 26.9. The standard InChI is InChI=1S/C27H21N3O5S/c1-34-22-14-16-23(17-15-22)36(32,33)30-21-12-6-18(7-13-21)26(31)28-20-10-8-19(9-11-20)27-29-24-4-2-3-5-25(24)35-27/h2-17,30H,1H3,(H,28,31). The van der Waals surface area contributed by atoms with Crippen molar-refractivity contribution in [3.8, 4) is 17.2 Å². The number of fused-ring (bicyclic) bond motifs is 1. The van der Waals surface area contributed by atoms with Crippen molar-refractivity contribution in [1.82, 2.24) is 4.98 Å². The Kier molecular flexibility index (Phi) is 6.14. The van der Waals surface area contributed by atoms with Crippen molar-refractivity contribution in [2.45, 2.75) is 4.90 Å². The van der Waals surface area contributed by atoms with Gasteiger partial charge in [0.15, 0.2) is 5.58 Å². The van der Waals surface area contributed by atoms with Crippen LogP contribution in [-0.4, -0.2) is 26.4 Å². The zero-order valence-electron chi connectivity index (χ0n) is 19.1. The molecule has 1 amide bonds. The van der Waals surface area contributed by atoms with Crippen molar-refractivity contribution in [2.24, 2.45) is 0 Å². The summed E-state index contributed by atoms with van der Waals surface area (Å²) in [4.78, 5) is 17.2. The maximum Gasteiger partial charge on any atom is 0.261 e. The number of rotatable bonds is 7. The highest BCUT2D eigenvalue weighted by Gasteiger charge is 2.15. The molecule has 5 aromatic rings. The number of anilines is 2. The van der Waals surface area contributed by atoms with Gasteiger partial charge in [-0.15, -0.1) is 0 Å². The van der Waals surface area contributed by atoms with Gasteiger partial charge >= 0.3 is 0 Å². The van der Waals surface area contributed by atoms with E-state index in [0.29, 0.717) is 34.2 Å². The summed E-state index contributed by atoms with van der Waals surface area (Å²) in [5.74, 6) is 0.737. The van der Waals surface area contributed by atoms with E-state index in [1.807, 2.05) is 36.4 Å². The van der Waals surface area contributed by atoms with E-state index in [1.54, 1.807) is 36.4 Å². The number of hydrogen-bond acceptors (Lipinski definition) is 6. The number of aromatic nitrogens is 1. The molecule has 0 spiro atoms. The van der Waals surface area contributed by atoms with Gasteiger partial charge in [-0.05, 0) is 84.9 Å². The van der Waals surface area contributed by atoms with E-state index in [0.717, 1.165) is 11.1 Å². The number of benzene rings is 4. The SMILES string of the molecule is COc1ccc(S(=O)(=O)Nc2ccc(C(=O)Nc3ccc(-c4nc5ccccc5o4)cc3)cc2)cc1. The molecule has 0 aliphatic rings. The summed E-state index contributed by atoms with van der Waals surface area (Å²) in [6.45, 7) is 0. The Balaban J connectivity index is 1.24. The molecule has 0 saturated carbocycles. The first-order valence-corrected chi connectivity index (χ1v) is 12.4. The first kappa shape index (κ1) is 23.1. The summed E-state index contributed by atoms with van der Waals surface area (Å²) in [5.41, 5.74) is 3.59. The molecule has 9 heteroatoms. The van der Waals surface area contributed by atoms with E-state index in [4.69, 9.17) is 9.15 Å². The summed E-state index contributed by atoms with van der Waals surface area (Å²) in [5, 5.41) is 2.83. The number of amides is 1. The topological polar surface area (TPSA) is 111 Å². The monoisotopic (exact) mass is 499 g/mol. The quantitative estimate of drug-likeness (QED) is 0.303. The number of nitrogens with zero attached hydrogens (tertiary/aromatic N) is 1. The lowest BCUT2D eigenvalue weighted by atomic mass is 10.1. The van der Waals surface area contributed by atoms with Gasteiger partial charge in [-0.3, -0.25) is 9.52 Å². The molecule has 4 aromatic carbocycles. The molecular formula is C27H21N3O5S. The maximum absolute atomic E-state index is 12.7. The Morgan fingerprint density at radius 3 is 2.17 bits per heavy atom. The average molecular weight is 500 g/mol. The Bertz CT molecular complexity index is 1590. The molecule has 0 saturated heterocycles. The lowest BCUT2D eigenvalue weighted by molar-refractivity contribution is 0.102. The number of sulfonamides is 1. The Labute approximate surface area is 207 Å². The smallest absolute Gasteiger partial charge is 0.261 e. The van der Waals surface area contributed by atoms with Gasteiger partial charge in [-0.25, -0.2) is 13.4 Å². The summed E-state index contributed by atoms with van der Waals surface area (Å²) in [7, 11) is -2.27. The van der Waals surface area contributed by atoms with Gasteiger partial charge in [0.05, 0.1) is 12.0 Å². The second-order valence-corrected chi connectivity index (χ2v) is 9.56. The predicted octanol–water partition coefficient (Wildman–Crippen LogP) is 5.56. The van der Waals surface area contributed by atoms with Gasteiger partial charge in [0.1, 0.15) is 11.3 Å². The van der Waals surface area contributed by atoms with Gasteiger partial charge in [0.25, 0.3) is 15.9 Å². The van der Waals surface area contributed by atoms with Crippen molar-refractivity contribution < 1.29 is 22.4 Å². The van der Waals surface area contributed by atoms with E-state index in [1.165, 1.54) is 31.4 Å². The first-order chi connectivity index (χ1) is 17.4. The Morgan fingerprint density at radius 2 is 1.50 bits per heavy atom. The van der Waals surface area contributed by atoms with Gasteiger partial charge in [-0.1, -0.05) is 12.1 Å². The molecule has 1 heterocycles. The van der Waals surface area contributed by atoms with E-state index < -0.39 is 10.0 Å². The van der Waals surface area contributed by atoms with Gasteiger partial charge < -0.3 is 14.5 Å². The number of ether oxygens (including phenoxy) is 1. The van der Waals surface area contributed by atoms with Crippen LogP contribution in [0.3, 0.4) is 0 Å². The van der Waals surface area contributed by atoms with Gasteiger partial charge in [0, 0.05) is 22.5 Å². The van der Waals surface area contributed by atoms with Crippen LogP contribution < -0.4 is 14.8 Å². The minimum atomic E-state index is -3.77. The molecule has 2 N–H and O–H groups in total. The molecule has 0 unspecified atom stereocenters.